The smallest absolute Gasteiger partial charge is 0.435 e. The van der Waals surface area contributed by atoms with Gasteiger partial charge in [-0.15, -0.1) is 0 Å². The molecule has 11 heteroatoms. The molecule has 0 spiro atoms. The van der Waals surface area contributed by atoms with E-state index < -0.39 is 46.6 Å². The number of alkyl carbamates (subject to hydrolysis) is 1. The predicted octanol–water partition coefficient (Wildman–Crippen LogP) is 5.18. The minimum atomic E-state index is -5.17. The van der Waals surface area contributed by atoms with Crippen molar-refractivity contribution in [1.82, 2.24) is 5.32 Å². The van der Waals surface area contributed by atoms with Crippen LogP contribution >= 0.6 is 0 Å². The molecule has 3 N–H and O–H groups in total. The molecule has 0 aliphatic carbocycles. The fraction of sp³-hybridized carbons (Fsp3) is 0.263. The molecule has 0 saturated heterocycles. The first-order chi connectivity index (χ1) is 13.8. The molecular weight excluding hydrogens is 413 g/mol. The minimum absolute atomic E-state index is 0.118. The quantitative estimate of drug-likeness (QED) is 0.515. The number of hydrogen-bond acceptors (Lipinski definition) is 5. The Bertz CT molecular complexity index is 975. The maximum Gasteiger partial charge on any atom is 0.435 e. The maximum atomic E-state index is 14.4. The monoisotopic (exact) mass is 431 g/mol. The van der Waals surface area contributed by atoms with Gasteiger partial charge in [0, 0.05) is 17.8 Å². The highest BCUT2D eigenvalue weighted by molar-refractivity contribution is 6.07. The Kier molecular flexibility index (Phi) is 6.53. The van der Waals surface area contributed by atoms with E-state index in [0.29, 0.717) is 12.3 Å². The van der Waals surface area contributed by atoms with E-state index in [1.807, 2.05) is 5.32 Å². The van der Waals surface area contributed by atoms with E-state index in [2.05, 4.69) is 4.99 Å². The lowest BCUT2D eigenvalue weighted by atomic mass is 10.1. The second-order valence-electron chi connectivity index (χ2n) is 6.93. The zero-order valence-electron chi connectivity index (χ0n) is 16.1. The number of carbonyl (C=O) groups is 1. The highest BCUT2D eigenvalue weighted by Gasteiger charge is 2.40. The second kappa shape index (κ2) is 8.56. The first kappa shape index (κ1) is 22.9. The van der Waals surface area contributed by atoms with Crippen LogP contribution in [0.2, 0.25) is 0 Å². The van der Waals surface area contributed by atoms with E-state index in [-0.39, 0.29) is 11.3 Å². The van der Waals surface area contributed by atoms with Crippen molar-refractivity contribution >= 4 is 17.5 Å². The molecule has 1 aromatic heterocycles. The summed E-state index contributed by atoms with van der Waals surface area (Å²) in [6, 6.07) is 3.80. The number of hydrogen-bond donors (Lipinski definition) is 2. The van der Waals surface area contributed by atoms with Gasteiger partial charge in [-0.25, -0.2) is 18.6 Å². The summed E-state index contributed by atoms with van der Waals surface area (Å²) in [6.45, 7) is 4.50. The molecule has 0 radical (unpaired) electrons. The molecule has 1 aromatic carbocycles. The molecule has 6 nitrogen and oxygen atoms in total. The van der Waals surface area contributed by atoms with Crippen LogP contribution in [0.3, 0.4) is 0 Å². The highest BCUT2D eigenvalue weighted by atomic mass is 19.4. The molecule has 2 aromatic rings. The summed E-state index contributed by atoms with van der Waals surface area (Å²) in [4.78, 5) is 15.2. The molecule has 0 bridgehead atoms. The minimum Gasteiger partial charge on any atom is -0.464 e. The maximum absolute atomic E-state index is 14.4. The summed E-state index contributed by atoms with van der Waals surface area (Å²) < 4.78 is 79.0. The van der Waals surface area contributed by atoms with Crippen LogP contribution in [0.15, 0.2) is 51.8 Å². The molecule has 2 rings (SSSR count). The van der Waals surface area contributed by atoms with E-state index in [1.54, 1.807) is 0 Å². The van der Waals surface area contributed by atoms with Gasteiger partial charge in [0.05, 0.1) is 12.0 Å². The van der Waals surface area contributed by atoms with Crippen molar-refractivity contribution in [3.05, 3.63) is 54.1 Å². The number of allylic oxidation sites excluding steroid dienone is 1. The molecule has 1 heterocycles. The van der Waals surface area contributed by atoms with Crippen LogP contribution in [0.25, 0.3) is 11.3 Å². The average molecular weight is 431 g/mol. The number of ether oxygens (including phenoxy) is 1. The molecule has 0 saturated carbocycles. The van der Waals surface area contributed by atoms with Crippen molar-refractivity contribution in [1.29, 1.82) is 0 Å². The molecule has 0 fully saturated rings. The number of alkyl halides is 3. The Morgan fingerprint density at radius 2 is 1.90 bits per heavy atom. The molecule has 0 unspecified atom stereocenters. The number of amides is 1. The second-order valence-corrected chi connectivity index (χ2v) is 6.93. The molecule has 0 atom stereocenters. The van der Waals surface area contributed by atoms with Crippen LogP contribution in [-0.4, -0.2) is 23.6 Å². The summed E-state index contributed by atoms with van der Waals surface area (Å²) in [5, 5.41) is 1.84. The molecule has 162 valence electrons. The summed E-state index contributed by atoms with van der Waals surface area (Å²) >= 11 is 0. The number of halogens is 5. The number of nitrogens with two attached hydrogens (primary N) is 1. The number of benzene rings is 1. The Balaban J connectivity index is 2.59. The summed E-state index contributed by atoms with van der Waals surface area (Å²) in [7, 11) is 0. The van der Waals surface area contributed by atoms with E-state index in [1.165, 1.54) is 39.2 Å². The van der Waals surface area contributed by atoms with Crippen LogP contribution in [0, 0.1) is 11.6 Å². The Labute approximate surface area is 168 Å². The van der Waals surface area contributed by atoms with Crippen LogP contribution in [0.1, 0.15) is 20.8 Å². The Hall–Kier alpha value is -3.37. The summed E-state index contributed by atoms with van der Waals surface area (Å²) in [5.41, 5.74) is 0.307. The molecule has 30 heavy (non-hydrogen) atoms. The summed E-state index contributed by atoms with van der Waals surface area (Å²) in [5.74, 6) is -2.54. The molecule has 1 amide bonds. The normalized spacial score (nSPS) is 13.3. The topological polar surface area (TPSA) is 89.8 Å². The lowest BCUT2D eigenvalue weighted by molar-refractivity contribution is -0.0584. The van der Waals surface area contributed by atoms with Gasteiger partial charge in [0.25, 0.3) is 0 Å². The van der Waals surface area contributed by atoms with Gasteiger partial charge in [-0.2, -0.15) is 13.2 Å². The number of aliphatic imine (C=N–C) groups is 1. The number of furan rings is 1. The number of nitrogens with zero attached hydrogens (tertiary/aromatic N) is 1. The van der Waals surface area contributed by atoms with Crippen molar-refractivity contribution in [2.75, 3.05) is 0 Å². The van der Waals surface area contributed by atoms with Crippen LogP contribution in [-0.2, 0) is 4.74 Å². The van der Waals surface area contributed by atoms with E-state index in [0.717, 1.165) is 6.07 Å². The van der Waals surface area contributed by atoms with Crippen molar-refractivity contribution in [3.63, 3.8) is 0 Å². The van der Waals surface area contributed by atoms with Crippen molar-refractivity contribution < 1.29 is 35.9 Å². The van der Waals surface area contributed by atoms with Crippen LogP contribution in [0.5, 0.6) is 0 Å². The Morgan fingerprint density at radius 3 is 2.40 bits per heavy atom. The van der Waals surface area contributed by atoms with Gasteiger partial charge < -0.3 is 14.9 Å². The fourth-order valence-corrected chi connectivity index (χ4v) is 2.28. The third kappa shape index (κ3) is 5.82. The number of rotatable bonds is 4. The van der Waals surface area contributed by atoms with Gasteiger partial charge in [0.2, 0.25) is 0 Å². The van der Waals surface area contributed by atoms with E-state index in [4.69, 9.17) is 14.9 Å². The third-order valence-corrected chi connectivity index (χ3v) is 3.36. The Morgan fingerprint density at radius 1 is 1.23 bits per heavy atom. The van der Waals surface area contributed by atoms with Crippen molar-refractivity contribution in [3.8, 4) is 11.3 Å². The third-order valence-electron chi connectivity index (χ3n) is 3.36. The largest absolute Gasteiger partial charge is 0.464 e. The lowest BCUT2D eigenvalue weighted by Crippen LogP contribution is -2.38. The van der Waals surface area contributed by atoms with Gasteiger partial charge in [0.15, 0.2) is 11.5 Å². The van der Waals surface area contributed by atoms with Gasteiger partial charge in [-0.3, -0.25) is 5.32 Å². The molecule has 0 aliphatic rings. The van der Waals surface area contributed by atoms with Crippen molar-refractivity contribution in [2.24, 2.45) is 10.7 Å². The highest BCUT2D eigenvalue weighted by Crippen LogP contribution is 2.36. The SMILES string of the molecule is CC(C)(C)OC(=O)NC(=CN)C(=Nc1c(F)cc(F)cc1-c1ccco1)C(F)(F)F. The van der Waals surface area contributed by atoms with Gasteiger partial charge in [-0.05, 0) is 39.0 Å². The predicted molar refractivity (Wildman–Crippen MR) is 98.9 cm³/mol. The zero-order valence-corrected chi connectivity index (χ0v) is 16.1. The van der Waals surface area contributed by atoms with Crippen molar-refractivity contribution in [2.45, 2.75) is 32.5 Å². The summed E-state index contributed by atoms with van der Waals surface area (Å²) in [6.07, 6.45) is -4.79. The van der Waals surface area contributed by atoms with Crippen LogP contribution < -0.4 is 11.1 Å². The standard InChI is InChI=1S/C19H18F5N3O3/c1-18(2,3)30-17(28)26-13(9-25)16(19(22,23)24)27-15-11(14-5-4-6-29-14)7-10(20)8-12(15)21/h4-9H,25H2,1-3H3,(H,26,28). The zero-order chi connectivity index (χ0) is 22.7. The van der Waals surface area contributed by atoms with E-state index >= 15 is 0 Å². The average Bonchev–Trinajstić information content (AvgIpc) is 3.10. The first-order valence-corrected chi connectivity index (χ1v) is 8.43. The van der Waals surface area contributed by atoms with E-state index in [9.17, 15) is 26.7 Å². The van der Waals surface area contributed by atoms with Gasteiger partial charge in [-0.1, -0.05) is 0 Å². The van der Waals surface area contributed by atoms with Crippen LogP contribution in [0.4, 0.5) is 32.4 Å². The number of carbonyl (C=O) groups excluding carboxylic acids is 1. The molecular formula is C19H18F5N3O3. The number of nitrogens with one attached hydrogen (secondary N) is 1. The fourth-order valence-electron chi connectivity index (χ4n) is 2.28. The van der Waals surface area contributed by atoms with Gasteiger partial charge >= 0.3 is 12.3 Å². The van der Waals surface area contributed by atoms with Gasteiger partial charge in [0.1, 0.15) is 22.9 Å². The molecule has 0 aliphatic heterocycles. The first-order valence-electron chi connectivity index (χ1n) is 8.43. The lowest BCUT2D eigenvalue weighted by Gasteiger charge is -2.21.